The highest BCUT2D eigenvalue weighted by Gasteiger charge is 2.49. The number of fused-ring (bicyclic) bond motifs is 2. The average molecular weight is 442 g/mol. The van der Waals surface area contributed by atoms with E-state index in [4.69, 9.17) is 4.74 Å². The van der Waals surface area contributed by atoms with E-state index < -0.39 is 28.3 Å². The van der Waals surface area contributed by atoms with Crippen LogP contribution in [0.15, 0.2) is 46.9 Å². The fraction of sp³-hybridized carbons (Fsp3) is 0.538. The molecule has 174 valence electrons. The summed E-state index contributed by atoms with van der Waals surface area (Å²) >= 11 is 0. The van der Waals surface area contributed by atoms with E-state index in [1.807, 2.05) is 13.0 Å². The first-order valence-corrected chi connectivity index (χ1v) is 11.6. The highest BCUT2D eigenvalue weighted by molar-refractivity contribution is 6.06. The number of ether oxygens (including phenoxy) is 1. The summed E-state index contributed by atoms with van der Waals surface area (Å²) in [4.78, 5) is 25.1. The summed E-state index contributed by atoms with van der Waals surface area (Å²) in [6, 6.07) is 0. The first kappa shape index (κ1) is 24.1. The minimum absolute atomic E-state index is 0.127. The van der Waals surface area contributed by atoms with Gasteiger partial charge in [-0.2, -0.15) is 4.73 Å². The third-order valence-electron chi connectivity index (χ3n) is 6.77. The average Bonchev–Trinajstić information content (AvgIpc) is 3.36. The molecule has 3 rings (SSSR count). The summed E-state index contributed by atoms with van der Waals surface area (Å²) in [6.07, 6.45) is 15.3. The van der Waals surface area contributed by atoms with E-state index in [2.05, 4.69) is 26.8 Å². The molecule has 2 unspecified atom stereocenters. The van der Waals surface area contributed by atoms with Crippen molar-refractivity contribution in [2.24, 2.45) is 11.8 Å². The standard InChI is InChI=1S/C26H35NO5/c1-5-17(2)14-19(4)15-18(3)8-6-7-9-22(28)23-24(29)21(16-27(31)25(23)30)26-12-10-20(32-26)11-13-26/h6-9,15-17,19-20,29,31H,5,10-14H2,1-4H3. The Morgan fingerprint density at radius 1 is 1.28 bits per heavy atom. The van der Waals surface area contributed by atoms with Gasteiger partial charge < -0.3 is 15.1 Å². The Hall–Kier alpha value is -2.60. The van der Waals surface area contributed by atoms with E-state index in [9.17, 15) is 19.9 Å². The molecular formula is C26H35NO5. The van der Waals surface area contributed by atoms with Gasteiger partial charge in [-0.3, -0.25) is 9.59 Å². The Morgan fingerprint density at radius 3 is 2.53 bits per heavy atom. The van der Waals surface area contributed by atoms with Crippen LogP contribution in [0.25, 0.3) is 0 Å². The molecule has 6 heteroatoms. The molecule has 2 N–H and O–H groups in total. The van der Waals surface area contributed by atoms with E-state index in [0.29, 0.717) is 35.0 Å². The van der Waals surface area contributed by atoms with Crippen molar-refractivity contribution in [2.45, 2.75) is 77.9 Å². The van der Waals surface area contributed by atoms with Crippen LogP contribution in [0.1, 0.15) is 82.1 Å². The molecule has 2 aliphatic heterocycles. The Balaban J connectivity index is 1.76. The third kappa shape index (κ3) is 5.07. The number of ketones is 1. The maximum atomic E-state index is 12.7. The number of aromatic hydroxyl groups is 1. The second-order valence-electron chi connectivity index (χ2n) is 9.45. The van der Waals surface area contributed by atoms with Crippen LogP contribution in [-0.4, -0.2) is 26.9 Å². The molecule has 1 aromatic rings. The normalized spacial score (nSPS) is 25.1. The summed E-state index contributed by atoms with van der Waals surface area (Å²) in [5, 5.41) is 20.9. The van der Waals surface area contributed by atoms with Crippen molar-refractivity contribution in [3.05, 3.63) is 63.6 Å². The van der Waals surface area contributed by atoms with Gasteiger partial charge in [0, 0.05) is 5.56 Å². The van der Waals surface area contributed by atoms with Gasteiger partial charge in [0.15, 0.2) is 5.78 Å². The molecule has 0 spiro atoms. The monoisotopic (exact) mass is 441 g/mol. The van der Waals surface area contributed by atoms with Gasteiger partial charge in [0.25, 0.3) is 5.56 Å². The second-order valence-corrected chi connectivity index (χ2v) is 9.45. The Labute approximate surface area is 189 Å². The zero-order chi connectivity index (χ0) is 23.5. The lowest BCUT2D eigenvalue weighted by molar-refractivity contribution is 0.00629. The zero-order valence-electron chi connectivity index (χ0n) is 19.5. The SMILES string of the molecule is CCC(C)CC(C)C=C(C)C=CC=CC(=O)c1c(O)c(C23CCC(CC2)O3)cn(O)c1=O. The molecule has 2 aliphatic rings. The maximum absolute atomic E-state index is 12.7. The number of allylic oxidation sites excluding steroid dienone is 6. The van der Waals surface area contributed by atoms with Crippen molar-refractivity contribution in [3.8, 4) is 5.75 Å². The van der Waals surface area contributed by atoms with E-state index in [1.165, 1.54) is 12.3 Å². The highest BCUT2D eigenvalue weighted by atomic mass is 16.5. The Morgan fingerprint density at radius 2 is 1.94 bits per heavy atom. The largest absolute Gasteiger partial charge is 0.506 e. The van der Waals surface area contributed by atoms with E-state index in [-0.39, 0.29) is 6.10 Å². The van der Waals surface area contributed by atoms with Crippen LogP contribution in [0.4, 0.5) is 0 Å². The van der Waals surface area contributed by atoms with Crippen LogP contribution in [0.5, 0.6) is 5.75 Å². The van der Waals surface area contributed by atoms with Gasteiger partial charge in [0.1, 0.15) is 11.3 Å². The van der Waals surface area contributed by atoms with Crippen LogP contribution in [0.3, 0.4) is 0 Å². The van der Waals surface area contributed by atoms with E-state index in [1.54, 1.807) is 12.2 Å². The molecule has 2 saturated heterocycles. The van der Waals surface area contributed by atoms with Gasteiger partial charge in [0.2, 0.25) is 0 Å². The summed E-state index contributed by atoms with van der Waals surface area (Å²) < 4.78 is 6.39. The van der Waals surface area contributed by atoms with Crippen LogP contribution < -0.4 is 5.56 Å². The first-order chi connectivity index (χ1) is 15.2. The molecule has 32 heavy (non-hydrogen) atoms. The van der Waals surface area contributed by atoms with Crippen molar-refractivity contribution in [3.63, 3.8) is 0 Å². The lowest BCUT2D eigenvalue weighted by Crippen LogP contribution is -2.30. The van der Waals surface area contributed by atoms with Gasteiger partial charge in [-0.25, -0.2) is 0 Å². The van der Waals surface area contributed by atoms with Gasteiger partial charge in [-0.1, -0.05) is 57.1 Å². The minimum atomic E-state index is -0.941. The Bertz CT molecular complexity index is 992. The first-order valence-electron chi connectivity index (χ1n) is 11.6. The summed E-state index contributed by atoms with van der Waals surface area (Å²) in [7, 11) is 0. The molecule has 0 radical (unpaired) electrons. The lowest BCUT2D eigenvalue weighted by atomic mass is 9.82. The number of hydrogen-bond acceptors (Lipinski definition) is 5. The molecule has 2 fully saturated rings. The zero-order valence-corrected chi connectivity index (χ0v) is 19.5. The van der Waals surface area contributed by atoms with Crippen LogP contribution in [-0.2, 0) is 10.3 Å². The highest BCUT2D eigenvalue weighted by Crippen LogP contribution is 2.52. The molecular weight excluding hydrogens is 406 g/mol. The van der Waals surface area contributed by atoms with Gasteiger partial charge in [0.05, 0.1) is 17.9 Å². The second kappa shape index (κ2) is 9.90. The molecule has 2 atom stereocenters. The number of nitrogens with zero attached hydrogens (tertiary/aromatic N) is 1. The van der Waals surface area contributed by atoms with Crippen molar-refractivity contribution in [1.82, 2.24) is 4.73 Å². The molecule has 0 aliphatic carbocycles. The van der Waals surface area contributed by atoms with Gasteiger partial charge in [-0.15, -0.1) is 0 Å². The van der Waals surface area contributed by atoms with E-state index >= 15 is 0 Å². The number of rotatable bonds is 9. The lowest BCUT2D eigenvalue weighted by Gasteiger charge is -2.26. The number of carbonyl (C=O) groups is 1. The molecule has 0 saturated carbocycles. The number of carbonyl (C=O) groups excluding carboxylic acids is 1. The van der Waals surface area contributed by atoms with Crippen molar-refractivity contribution in [1.29, 1.82) is 0 Å². The van der Waals surface area contributed by atoms with Crippen molar-refractivity contribution in [2.75, 3.05) is 0 Å². The maximum Gasteiger partial charge on any atom is 0.297 e. The van der Waals surface area contributed by atoms with Crippen molar-refractivity contribution < 1.29 is 19.8 Å². The van der Waals surface area contributed by atoms with E-state index in [0.717, 1.165) is 31.3 Å². The third-order valence-corrected chi connectivity index (χ3v) is 6.77. The van der Waals surface area contributed by atoms with Crippen LogP contribution in [0, 0.1) is 11.8 Å². The molecule has 1 aromatic heterocycles. The quantitative estimate of drug-likeness (QED) is 0.236. The number of aromatic nitrogens is 1. The molecule has 2 bridgehead atoms. The van der Waals surface area contributed by atoms with Crippen LogP contribution >= 0.6 is 0 Å². The van der Waals surface area contributed by atoms with Gasteiger partial charge >= 0.3 is 0 Å². The minimum Gasteiger partial charge on any atom is -0.506 e. The molecule has 0 aromatic carbocycles. The number of hydrogen-bond donors (Lipinski definition) is 2. The summed E-state index contributed by atoms with van der Waals surface area (Å²) in [5.41, 5.74) is -0.713. The fourth-order valence-electron chi connectivity index (χ4n) is 4.90. The topological polar surface area (TPSA) is 88.8 Å². The smallest absolute Gasteiger partial charge is 0.297 e. The van der Waals surface area contributed by atoms with Gasteiger partial charge in [-0.05, 0) is 56.9 Å². The fourth-order valence-corrected chi connectivity index (χ4v) is 4.90. The molecule has 6 nitrogen and oxygen atoms in total. The summed E-state index contributed by atoms with van der Waals surface area (Å²) in [6.45, 7) is 8.64. The van der Waals surface area contributed by atoms with Crippen molar-refractivity contribution >= 4 is 5.78 Å². The predicted octanol–water partition coefficient (Wildman–Crippen LogP) is 5.27. The summed E-state index contributed by atoms with van der Waals surface area (Å²) in [5.74, 6) is 0.100. The molecule has 0 amide bonds. The number of pyridine rings is 1. The predicted molar refractivity (Wildman–Crippen MR) is 124 cm³/mol. The molecule has 3 heterocycles. The Kier molecular flexibility index (Phi) is 7.44. The van der Waals surface area contributed by atoms with Crippen LogP contribution in [0.2, 0.25) is 0 Å².